The van der Waals surface area contributed by atoms with Crippen LogP contribution in [0.1, 0.15) is 32.3 Å². The molecule has 0 fully saturated rings. The van der Waals surface area contributed by atoms with Gasteiger partial charge in [0.1, 0.15) is 0 Å². The molecule has 0 aliphatic heterocycles. The molecule has 0 aliphatic rings. The zero-order chi connectivity index (χ0) is 20.6. The molecule has 29 heavy (non-hydrogen) atoms. The molecule has 0 spiro atoms. The number of nitrogens with one attached hydrogen (secondary N) is 2. The fraction of sp³-hybridized carbons (Fsp3) is 0.167. The summed E-state index contributed by atoms with van der Waals surface area (Å²) in [6.45, 7) is 0.695. The Morgan fingerprint density at radius 1 is 0.759 bits per heavy atom. The molecule has 0 radical (unpaired) electrons. The molecule has 3 aromatic rings. The van der Waals surface area contributed by atoms with Crippen molar-refractivity contribution in [1.29, 1.82) is 0 Å². The van der Waals surface area contributed by atoms with Gasteiger partial charge < -0.3 is 15.5 Å². The summed E-state index contributed by atoms with van der Waals surface area (Å²) < 4.78 is 0. The van der Waals surface area contributed by atoms with E-state index in [2.05, 4.69) is 10.6 Å². The van der Waals surface area contributed by atoms with E-state index in [0.29, 0.717) is 23.4 Å². The van der Waals surface area contributed by atoms with Gasteiger partial charge in [-0.3, -0.25) is 9.59 Å². The normalized spacial score (nSPS) is 11.7. The van der Waals surface area contributed by atoms with Crippen LogP contribution in [0, 0.1) is 0 Å². The predicted molar refractivity (Wildman–Crippen MR) is 116 cm³/mol. The highest BCUT2D eigenvalue weighted by molar-refractivity contribution is 6.04. The molecule has 0 aliphatic carbocycles. The third kappa shape index (κ3) is 5.77. The van der Waals surface area contributed by atoms with E-state index >= 15 is 0 Å². The fourth-order valence-corrected chi connectivity index (χ4v) is 3.02. The number of hydrogen-bond donors (Lipinski definition) is 2. The lowest BCUT2D eigenvalue weighted by atomic mass is 10.1. The van der Waals surface area contributed by atoms with Crippen LogP contribution in [0.3, 0.4) is 0 Å². The summed E-state index contributed by atoms with van der Waals surface area (Å²) in [5, 5.41) is 5.94. The highest BCUT2D eigenvalue weighted by atomic mass is 16.2. The lowest BCUT2D eigenvalue weighted by Gasteiger charge is -2.23. The molecule has 3 aromatic carbocycles. The number of carbonyl (C=O) groups is 2. The van der Waals surface area contributed by atoms with Crippen molar-refractivity contribution >= 4 is 17.5 Å². The molecule has 5 heteroatoms. The quantitative estimate of drug-likeness (QED) is 0.645. The number of carbonyl (C=O) groups excluding carboxylic acids is 2. The molecule has 0 bridgehead atoms. The molecule has 0 aromatic heterocycles. The Hall–Kier alpha value is -3.44. The van der Waals surface area contributed by atoms with Gasteiger partial charge in [0.25, 0.3) is 11.8 Å². The number of rotatable bonds is 7. The average molecular weight is 387 g/mol. The predicted octanol–water partition coefficient (Wildman–Crippen LogP) is 3.97. The van der Waals surface area contributed by atoms with Crippen LogP contribution in [0.15, 0.2) is 84.9 Å². The van der Waals surface area contributed by atoms with E-state index in [0.717, 1.165) is 5.56 Å². The number of nitrogens with zero attached hydrogens (tertiary/aromatic N) is 1. The Bertz CT molecular complexity index is 939. The molecule has 0 saturated carbocycles. The minimum Gasteiger partial charge on any atom is -0.344 e. The largest absolute Gasteiger partial charge is 0.344 e. The number of benzene rings is 3. The summed E-state index contributed by atoms with van der Waals surface area (Å²) in [4.78, 5) is 27.0. The summed E-state index contributed by atoms with van der Waals surface area (Å²) in [5.74, 6) is -0.334. The highest BCUT2D eigenvalue weighted by Crippen LogP contribution is 2.16. The van der Waals surface area contributed by atoms with Crippen LogP contribution in [0.2, 0.25) is 0 Å². The van der Waals surface area contributed by atoms with E-state index in [1.165, 1.54) is 0 Å². The standard InChI is InChI=1S/C24H25N3O2/c1-27(2)17-22(18-9-5-3-6-10-18)26-24(29)20-13-15-21(16-14-20)25-23(28)19-11-7-4-8-12-19/h3-16,22H,17H2,1-2H3,(H,25,28)(H,26,29). The Labute approximate surface area is 171 Å². The average Bonchev–Trinajstić information content (AvgIpc) is 2.74. The molecule has 2 N–H and O–H groups in total. The molecule has 5 nitrogen and oxygen atoms in total. The van der Waals surface area contributed by atoms with E-state index in [9.17, 15) is 9.59 Å². The Morgan fingerprint density at radius 2 is 1.31 bits per heavy atom. The summed E-state index contributed by atoms with van der Waals surface area (Å²) in [7, 11) is 3.96. The lowest BCUT2D eigenvalue weighted by Crippen LogP contribution is -2.35. The van der Waals surface area contributed by atoms with E-state index in [1.807, 2.05) is 67.5 Å². The molecule has 0 heterocycles. The van der Waals surface area contributed by atoms with Crippen molar-refractivity contribution in [2.45, 2.75) is 6.04 Å². The molecule has 3 rings (SSSR count). The Morgan fingerprint density at radius 3 is 1.90 bits per heavy atom. The molecule has 1 unspecified atom stereocenters. The van der Waals surface area contributed by atoms with E-state index < -0.39 is 0 Å². The van der Waals surface area contributed by atoms with Crippen LogP contribution in [-0.2, 0) is 0 Å². The van der Waals surface area contributed by atoms with Crippen molar-refractivity contribution in [2.24, 2.45) is 0 Å². The van der Waals surface area contributed by atoms with Crippen molar-refractivity contribution in [3.63, 3.8) is 0 Å². The van der Waals surface area contributed by atoms with Gasteiger partial charge in [0, 0.05) is 23.4 Å². The number of hydrogen-bond acceptors (Lipinski definition) is 3. The number of anilines is 1. The zero-order valence-electron chi connectivity index (χ0n) is 16.6. The van der Waals surface area contributed by atoms with Crippen LogP contribution in [0.4, 0.5) is 5.69 Å². The fourth-order valence-electron chi connectivity index (χ4n) is 3.02. The van der Waals surface area contributed by atoms with Gasteiger partial charge in [0.2, 0.25) is 0 Å². The second-order valence-corrected chi connectivity index (χ2v) is 7.10. The Balaban J connectivity index is 1.66. The van der Waals surface area contributed by atoms with Crippen LogP contribution in [-0.4, -0.2) is 37.4 Å². The second-order valence-electron chi connectivity index (χ2n) is 7.10. The first-order valence-corrected chi connectivity index (χ1v) is 9.50. The molecule has 0 saturated heterocycles. The van der Waals surface area contributed by atoms with Gasteiger partial charge in [-0.15, -0.1) is 0 Å². The number of amides is 2. The summed E-state index contributed by atoms with van der Waals surface area (Å²) in [6.07, 6.45) is 0. The van der Waals surface area contributed by atoms with E-state index in [4.69, 9.17) is 0 Å². The van der Waals surface area contributed by atoms with Gasteiger partial charge in [0.05, 0.1) is 6.04 Å². The minimum atomic E-state index is -0.182. The summed E-state index contributed by atoms with van der Waals surface area (Å²) >= 11 is 0. The highest BCUT2D eigenvalue weighted by Gasteiger charge is 2.16. The van der Waals surface area contributed by atoms with Crippen LogP contribution >= 0.6 is 0 Å². The summed E-state index contributed by atoms with van der Waals surface area (Å²) in [6, 6.07) is 25.7. The first kappa shape index (κ1) is 20.3. The zero-order valence-corrected chi connectivity index (χ0v) is 16.6. The monoisotopic (exact) mass is 387 g/mol. The first-order valence-electron chi connectivity index (χ1n) is 9.50. The van der Waals surface area contributed by atoms with E-state index in [1.54, 1.807) is 36.4 Å². The maximum Gasteiger partial charge on any atom is 0.255 e. The van der Waals surface area contributed by atoms with Crippen LogP contribution in [0.5, 0.6) is 0 Å². The van der Waals surface area contributed by atoms with Crippen molar-refractivity contribution in [1.82, 2.24) is 10.2 Å². The maximum absolute atomic E-state index is 12.7. The molecular weight excluding hydrogens is 362 g/mol. The SMILES string of the molecule is CN(C)CC(NC(=O)c1ccc(NC(=O)c2ccccc2)cc1)c1ccccc1. The first-order chi connectivity index (χ1) is 14.0. The van der Waals surface area contributed by atoms with Crippen molar-refractivity contribution < 1.29 is 9.59 Å². The van der Waals surface area contributed by atoms with Crippen LogP contribution < -0.4 is 10.6 Å². The van der Waals surface area contributed by atoms with Gasteiger partial charge in [-0.25, -0.2) is 0 Å². The van der Waals surface area contributed by atoms with Gasteiger partial charge >= 0.3 is 0 Å². The summed E-state index contributed by atoms with van der Waals surface area (Å²) in [5.41, 5.74) is 2.83. The smallest absolute Gasteiger partial charge is 0.255 e. The molecular formula is C24H25N3O2. The Kier molecular flexibility index (Phi) is 6.76. The number of likely N-dealkylation sites (N-methyl/N-ethyl adjacent to an activating group) is 1. The third-order valence-electron chi connectivity index (χ3n) is 4.50. The minimum absolute atomic E-state index is 0.115. The van der Waals surface area contributed by atoms with Crippen LogP contribution in [0.25, 0.3) is 0 Å². The van der Waals surface area contributed by atoms with Crippen molar-refractivity contribution in [3.8, 4) is 0 Å². The topological polar surface area (TPSA) is 61.4 Å². The van der Waals surface area contributed by atoms with E-state index in [-0.39, 0.29) is 17.9 Å². The van der Waals surface area contributed by atoms with Gasteiger partial charge in [-0.05, 0) is 56.1 Å². The molecule has 2 amide bonds. The molecule has 1 atom stereocenters. The lowest BCUT2D eigenvalue weighted by molar-refractivity contribution is 0.0929. The van der Waals surface area contributed by atoms with Crippen molar-refractivity contribution in [2.75, 3.05) is 26.0 Å². The maximum atomic E-state index is 12.7. The van der Waals surface area contributed by atoms with Gasteiger partial charge in [-0.1, -0.05) is 48.5 Å². The van der Waals surface area contributed by atoms with Gasteiger partial charge in [-0.2, -0.15) is 0 Å². The van der Waals surface area contributed by atoms with Gasteiger partial charge in [0.15, 0.2) is 0 Å². The second kappa shape index (κ2) is 9.66. The third-order valence-corrected chi connectivity index (χ3v) is 4.50. The molecule has 148 valence electrons. The van der Waals surface area contributed by atoms with Crippen molar-refractivity contribution in [3.05, 3.63) is 102 Å².